The van der Waals surface area contributed by atoms with Gasteiger partial charge in [-0.25, -0.2) is 4.79 Å². The van der Waals surface area contributed by atoms with Crippen LogP contribution in [0.2, 0.25) is 0 Å². The minimum atomic E-state index is -0.406. The highest BCUT2D eigenvalue weighted by molar-refractivity contribution is 5.68. The van der Waals surface area contributed by atoms with E-state index >= 15 is 0 Å². The van der Waals surface area contributed by atoms with Crippen molar-refractivity contribution in [2.24, 2.45) is 0 Å². The molecule has 0 bridgehead atoms. The summed E-state index contributed by atoms with van der Waals surface area (Å²) in [5, 5.41) is 0. The van der Waals surface area contributed by atoms with Gasteiger partial charge in [-0.3, -0.25) is 0 Å². The van der Waals surface area contributed by atoms with Gasteiger partial charge in [-0.1, -0.05) is 12.2 Å². The zero-order valence-corrected chi connectivity index (χ0v) is 10.1. The quantitative estimate of drug-likeness (QED) is 0.657. The molecule has 0 fully saturated rings. The van der Waals surface area contributed by atoms with E-state index in [1.54, 1.807) is 0 Å². The van der Waals surface area contributed by atoms with E-state index in [9.17, 15) is 4.79 Å². The smallest absolute Gasteiger partial charge is 0.410 e. The first-order valence-corrected chi connectivity index (χ1v) is 5.58. The molecule has 3 heteroatoms. The van der Waals surface area contributed by atoms with Crippen LogP contribution in [0.4, 0.5) is 4.79 Å². The van der Waals surface area contributed by atoms with Gasteiger partial charge in [-0.2, -0.15) is 0 Å². The fraction of sp³-hybridized carbons (Fsp3) is 0.750. The molecule has 15 heavy (non-hydrogen) atoms. The minimum absolute atomic E-state index is 0.196. The van der Waals surface area contributed by atoms with Crippen LogP contribution in [0.5, 0.6) is 0 Å². The summed E-state index contributed by atoms with van der Waals surface area (Å²) in [6.45, 7) is 8.38. The fourth-order valence-corrected chi connectivity index (χ4v) is 1.71. The number of hydrogen-bond acceptors (Lipinski definition) is 2. The first-order valence-electron chi connectivity index (χ1n) is 5.58. The predicted molar refractivity (Wildman–Crippen MR) is 60.8 cm³/mol. The average Bonchev–Trinajstić information content (AvgIpc) is 2.54. The summed E-state index contributed by atoms with van der Waals surface area (Å²) in [5.74, 6) is 0. The summed E-state index contributed by atoms with van der Waals surface area (Å²) in [4.78, 5) is 13.7. The first kappa shape index (κ1) is 12.1. The van der Waals surface area contributed by atoms with Crippen LogP contribution in [-0.2, 0) is 4.74 Å². The summed E-state index contributed by atoms with van der Waals surface area (Å²) in [6, 6.07) is 0.296. The first-order chi connectivity index (χ1) is 6.94. The standard InChI is InChI=1S/C12H21NO2/c1-5-13(10-8-6-7-9-10)11(14)15-12(2,3)4/h6-7,10H,5,8-9H2,1-4H3. The van der Waals surface area contributed by atoms with Crippen LogP contribution in [0.15, 0.2) is 12.2 Å². The highest BCUT2D eigenvalue weighted by atomic mass is 16.6. The largest absolute Gasteiger partial charge is 0.444 e. The molecule has 0 radical (unpaired) electrons. The Morgan fingerprint density at radius 3 is 2.33 bits per heavy atom. The Bertz CT molecular complexity index is 245. The van der Waals surface area contributed by atoms with Gasteiger partial charge >= 0.3 is 6.09 Å². The Balaban J connectivity index is 2.54. The topological polar surface area (TPSA) is 29.5 Å². The fourth-order valence-electron chi connectivity index (χ4n) is 1.71. The maximum Gasteiger partial charge on any atom is 0.410 e. The van der Waals surface area contributed by atoms with Gasteiger partial charge in [0.05, 0.1) is 0 Å². The summed E-state index contributed by atoms with van der Waals surface area (Å²) in [5.41, 5.74) is -0.406. The molecule has 86 valence electrons. The molecule has 0 unspecified atom stereocenters. The molecule has 0 saturated carbocycles. The molecule has 0 aromatic rings. The predicted octanol–water partition coefficient (Wildman–Crippen LogP) is 2.96. The van der Waals surface area contributed by atoms with E-state index in [0.29, 0.717) is 12.6 Å². The van der Waals surface area contributed by atoms with Crippen molar-refractivity contribution >= 4 is 6.09 Å². The molecule has 0 spiro atoms. The molecular weight excluding hydrogens is 190 g/mol. The molecule has 0 atom stereocenters. The maximum atomic E-state index is 11.9. The van der Waals surface area contributed by atoms with Crippen LogP contribution in [0.3, 0.4) is 0 Å². The number of carbonyl (C=O) groups is 1. The Morgan fingerprint density at radius 2 is 1.93 bits per heavy atom. The van der Waals surface area contributed by atoms with E-state index < -0.39 is 5.60 Å². The lowest BCUT2D eigenvalue weighted by atomic mass is 10.2. The lowest BCUT2D eigenvalue weighted by Gasteiger charge is -2.30. The van der Waals surface area contributed by atoms with Gasteiger partial charge in [-0.15, -0.1) is 0 Å². The van der Waals surface area contributed by atoms with Crippen LogP contribution in [0.1, 0.15) is 40.5 Å². The molecule has 1 aliphatic rings. The van der Waals surface area contributed by atoms with E-state index in [1.807, 2.05) is 32.6 Å². The van der Waals surface area contributed by atoms with Crippen molar-refractivity contribution in [1.82, 2.24) is 4.90 Å². The van der Waals surface area contributed by atoms with Crippen molar-refractivity contribution in [1.29, 1.82) is 0 Å². The second-order valence-corrected chi connectivity index (χ2v) is 4.86. The van der Waals surface area contributed by atoms with Crippen molar-refractivity contribution < 1.29 is 9.53 Å². The number of carbonyl (C=O) groups excluding carboxylic acids is 1. The molecular formula is C12H21NO2. The van der Waals surface area contributed by atoms with Gasteiger partial charge in [-0.05, 0) is 40.5 Å². The molecule has 1 aliphatic carbocycles. The molecule has 0 aliphatic heterocycles. The third kappa shape index (κ3) is 3.57. The summed E-state index contributed by atoms with van der Waals surface area (Å²) in [6.07, 6.45) is 5.95. The van der Waals surface area contributed by atoms with Gasteiger partial charge < -0.3 is 9.64 Å². The van der Waals surface area contributed by atoms with Crippen molar-refractivity contribution in [3.63, 3.8) is 0 Å². The number of rotatable bonds is 2. The van der Waals surface area contributed by atoms with Crippen molar-refractivity contribution in [3.05, 3.63) is 12.2 Å². The molecule has 1 rings (SSSR count). The number of hydrogen-bond donors (Lipinski definition) is 0. The third-order valence-corrected chi connectivity index (χ3v) is 2.39. The molecule has 0 aromatic heterocycles. The Morgan fingerprint density at radius 1 is 1.40 bits per heavy atom. The lowest BCUT2D eigenvalue weighted by molar-refractivity contribution is 0.0183. The second-order valence-electron chi connectivity index (χ2n) is 4.86. The van der Waals surface area contributed by atoms with E-state index in [0.717, 1.165) is 12.8 Å². The van der Waals surface area contributed by atoms with Crippen LogP contribution >= 0.6 is 0 Å². The third-order valence-electron chi connectivity index (χ3n) is 2.39. The Hall–Kier alpha value is -0.990. The lowest BCUT2D eigenvalue weighted by Crippen LogP contribution is -2.42. The zero-order valence-electron chi connectivity index (χ0n) is 10.1. The number of nitrogens with zero attached hydrogens (tertiary/aromatic N) is 1. The normalized spacial score (nSPS) is 16.8. The molecule has 0 N–H and O–H groups in total. The summed E-state index contributed by atoms with van der Waals surface area (Å²) in [7, 11) is 0. The number of ether oxygens (including phenoxy) is 1. The van der Waals surface area contributed by atoms with Gasteiger partial charge in [0.2, 0.25) is 0 Å². The van der Waals surface area contributed by atoms with Crippen molar-refractivity contribution in [3.8, 4) is 0 Å². The van der Waals surface area contributed by atoms with Gasteiger partial charge in [0.15, 0.2) is 0 Å². The van der Waals surface area contributed by atoms with Crippen molar-refractivity contribution in [2.75, 3.05) is 6.54 Å². The summed E-state index contributed by atoms with van der Waals surface area (Å²) < 4.78 is 5.36. The average molecular weight is 211 g/mol. The Kier molecular flexibility index (Phi) is 3.77. The van der Waals surface area contributed by atoms with Gasteiger partial charge in [0.25, 0.3) is 0 Å². The molecule has 0 aromatic carbocycles. The van der Waals surface area contributed by atoms with Gasteiger partial charge in [0.1, 0.15) is 5.60 Å². The number of amides is 1. The minimum Gasteiger partial charge on any atom is -0.444 e. The highest BCUT2D eigenvalue weighted by Gasteiger charge is 2.27. The molecule has 0 heterocycles. The van der Waals surface area contributed by atoms with Crippen LogP contribution in [-0.4, -0.2) is 29.2 Å². The van der Waals surface area contributed by atoms with E-state index in [1.165, 1.54) is 0 Å². The monoisotopic (exact) mass is 211 g/mol. The van der Waals surface area contributed by atoms with E-state index in [-0.39, 0.29) is 6.09 Å². The van der Waals surface area contributed by atoms with Crippen LogP contribution in [0, 0.1) is 0 Å². The zero-order chi connectivity index (χ0) is 11.5. The van der Waals surface area contributed by atoms with Crippen molar-refractivity contribution in [2.45, 2.75) is 52.2 Å². The van der Waals surface area contributed by atoms with E-state index in [4.69, 9.17) is 4.74 Å². The van der Waals surface area contributed by atoms with Crippen LogP contribution in [0.25, 0.3) is 0 Å². The SMILES string of the molecule is CCN(C(=O)OC(C)(C)C)C1CC=CC1. The second kappa shape index (κ2) is 4.69. The van der Waals surface area contributed by atoms with Gasteiger partial charge in [0, 0.05) is 12.6 Å². The molecule has 1 amide bonds. The van der Waals surface area contributed by atoms with E-state index in [2.05, 4.69) is 12.2 Å². The Labute approximate surface area is 92.1 Å². The molecule has 0 saturated heterocycles. The van der Waals surface area contributed by atoms with Crippen LogP contribution < -0.4 is 0 Å². The molecule has 3 nitrogen and oxygen atoms in total. The highest BCUT2D eigenvalue weighted by Crippen LogP contribution is 2.19. The maximum absolute atomic E-state index is 11.9. The summed E-state index contributed by atoms with van der Waals surface area (Å²) >= 11 is 0.